The van der Waals surface area contributed by atoms with Crippen molar-refractivity contribution in [1.82, 2.24) is 0 Å². The number of carbonyl (C=O) groups excluding carboxylic acids is 2. The average molecular weight is 574 g/mol. The van der Waals surface area contributed by atoms with Gasteiger partial charge in [-0.2, -0.15) is 8.42 Å². The summed E-state index contributed by atoms with van der Waals surface area (Å²) in [6.07, 6.45) is 0. The molecule has 212 valence electrons. The molecule has 0 spiro atoms. The molecule has 41 heavy (non-hydrogen) atoms. The zero-order chi connectivity index (χ0) is 29.2. The summed E-state index contributed by atoms with van der Waals surface area (Å²) >= 11 is 0. The van der Waals surface area contributed by atoms with Gasteiger partial charge in [0.25, 0.3) is 0 Å². The lowest BCUT2D eigenvalue weighted by atomic mass is 9.85. The largest absolute Gasteiger partial charge is 0.461 e. The molecule has 0 saturated carbocycles. The fraction of sp³-hybridized carbons (Fsp3) is 0.188. The SMILES string of the molecule is Cc1ccc(S(=O)(=O)Oc2ccc(C(C(=O)OCc3ccccc3)C(CN)C(=O)OCc3ccccc3)cc2)cc1. The lowest BCUT2D eigenvalue weighted by Gasteiger charge is -2.24. The molecule has 4 aromatic carbocycles. The maximum absolute atomic E-state index is 13.4. The molecule has 0 fully saturated rings. The van der Waals surface area contributed by atoms with Gasteiger partial charge in [-0.05, 0) is 47.9 Å². The molecule has 0 aliphatic carbocycles. The molecule has 0 heterocycles. The smallest absolute Gasteiger partial charge is 0.339 e. The third kappa shape index (κ3) is 8.03. The number of hydrogen-bond donors (Lipinski definition) is 1. The minimum atomic E-state index is -4.07. The lowest BCUT2D eigenvalue weighted by Crippen LogP contribution is -2.36. The van der Waals surface area contributed by atoms with Gasteiger partial charge in [-0.25, -0.2) is 0 Å². The van der Waals surface area contributed by atoms with Gasteiger partial charge in [0, 0.05) is 6.54 Å². The Labute approximate surface area is 239 Å². The number of aryl methyl sites for hydroxylation is 1. The Morgan fingerprint density at radius 2 is 1.22 bits per heavy atom. The van der Waals surface area contributed by atoms with E-state index < -0.39 is 33.9 Å². The summed E-state index contributed by atoms with van der Waals surface area (Å²) in [7, 11) is -4.07. The van der Waals surface area contributed by atoms with Gasteiger partial charge in [0.15, 0.2) is 0 Å². The van der Waals surface area contributed by atoms with E-state index >= 15 is 0 Å². The quantitative estimate of drug-likeness (QED) is 0.187. The van der Waals surface area contributed by atoms with Crippen molar-refractivity contribution in [3.05, 3.63) is 131 Å². The van der Waals surface area contributed by atoms with E-state index in [-0.39, 0.29) is 30.4 Å². The van der Waals surface area contributed by atoms with Crippen LogP contribution in [0.1, 0.15) is 28.2 Å². The molecule has 0 bridgehead atoms. The lowest BCUT2D eigenvalue weighted by molar-refractivity contribution is -0.158. The number of carbonyl (C=O) groups is 2. The van der Waals surface area contributed by atoms with Gasteiger partial charge in [0.05, 0.1) is 11.8 Å². The van der Waals surface area contributed by atoms with Gasteiger partial charge in [0.1, 0.15) is 23.9 Å². The summed E-state index contributed by atoms with van der Waals surface area (Å²) in [5.74, 6) is -3.43. The van der Waals surface area contributed by atoms with E-state index in [9.17, 15) is 18.0 Å². The summed E-state index contributed by atoms with van der Waals surface area (Å²) in [5, 5.41) is 0. The van der Waals surface area contributed by atoms with E-state index in [1.165, 1.54) is 36.4 Å². The van der Waals surface area contributed by atoms with Crippen LogP contribution in [-0.2, 0) is 42.4 Å². The molecule has 0 aromatic heterocycles. The molecule has 9 heteroatoms. The van der Waals surface area contributed by atoms with Gasteiger partial charge < -0.3 is 19.4 Å². The third-order valence-electron chi connectivity index (χ3n) is 6.42. The summed E-state index contributed by atoms with van der Waals surface area (Å²) in [6, 6.07) is 30.4. The first kappa shape index (κ1) is 29.5. The molecule has 0 amide bonds. The second-order valence-electron chi connectivity index (χ2n) is 9.43. The fourth-order valence-electron chi connectivity index (χ4n) is 4.17. The van der Waals surface area contributed by atoms with Crippen LogP contribution in [0.5, 0.6) is 5.75 Å². The maximum atomic E-state index is 13.4. The molecule has 0 saturated heterocycles. The standard InChI is InChI=1S/C32H31NO7S/c1-23-12-18-28(19-13-23)41(36,37)40-27-16-14-26(15-17-27)30(32(35)39-22-25-10-6-3-7-11-25)29(20-33)31(34)38-21-24-8-4-2-5-9-24/h2-19,29-30H,20-22,33H2,1H3. The van der Waals surface area contributed by atoms with Gasteiger partial charge in [-0.1, -0.05) is 90.5 Å². The molecule has 2 unspecified atom stereocenters. The molecule has 0 radical (unpaired) electrons. The Hall–Kier alpha value is -4.47. The van der Waals surface area contributed by atoms with E-state index in [2.05, 4.69) is 0 Å². The number of hydrogen-bond acceptors (Lipinski definition) is 8. The van der Waals surface area contributed by atoms with Crippen LogP contribution in [0.3, 0.4) is 0 Å². The number of ether oxygens (including phenoxy) is 2. The second kappa shape index (κ2) is 13.7. The summed E-state index contributed by atoms with van der Waals surface area (Å²) in [5.41, 5.74) is 8.88. The van der Waals surface area contributed by atoms with Crippen molar-refractivity contribution in [3.63, 3.8) is 0 Å². The average Bonchev–Trinajstić information content (AvgIpc) is 2.99. The second-order valence-corrected chi connectivity index (χ2v) is 11.0. The fourth-order valence-corrected chi connectivity index (χ4v) is 5.10. The van der Waals surface area contributed by atoms with E-state index in [1.54, 1.807) is 12.1 Å². The number of benzene rings is 4. The third-order valence-corrected chi connectivity index (χ3v) is 7.68. The van der Waals surface area contributed by atoms with Gasteiger partial charge in [-0.15, -0.1) is 0 Å². The molecule has 4 rings (SSSR count). The first-order chi connectivity index (χ1) is 19.8. The van der Waals surface area contributed by atoms with Gasteiger partial charge in [-0.3, -0.25) is 9.59 Å². The predicted octanol–water partition coefficient (Wildman–Crippen LogP) is 4.91. The zero-order valence-electron chi connectivity index (χ0n) is 22.5. The molecule has 0 aliphatic heterocycles. The highest BCUT2D eigenvalue weighted by molar-refractivity contribution is 7.87. The van der Waals surface area contributed by atoms with Crippen LogP contribution in [0.2, 0.25) is 0 Å². The number of esters is 2. The highest BCUT2D eigenvalue weighted by Crippen LogP contribution is 2.30. The summed E-state index contributed by atoms with van der Waals surface area (Å²) in [4.78, 5) is 26.6. The van der Waals surface area contributed by atoms with E-state index in [0.717, 1.165) is 16.7 Å². The Bertz CT molecular complexity index is 1540. The molecule has 2 N–H and O–H groups in total. The zero-order valence-corrected chi connectivity index (χ0v) is 23.3. The molecule has 4 aromatic rings. The van der Waals surface area contributed by atoms with Crippen LogP contribution in [-0.4, -0.2) is 26.9 Å². The Balaban J connectivity index is 1.56. The van der Waals surface area contributed by atoms with Crippen molar-refractivity contribution in [2.75, 3.05) is 6.54 Å². The normalized spacial score (nSPS) is 12.6. The molecule has 0 aliphatic rings. The first-order valence-electron chi connectivity index (χ1n) is 13.0. The van der Waals surface area contributed by atoms with Crippen LogP contribution >= 0.6 is 0 Å². The Morgan fingerprint density at radius 3 is 1.73 bits per heavy atom. The summed E-state index contributed by atoms with van der Waals surface area (Å²) < 4.78 is 41.8. The maximum Gasteiger partial charge on any atom is 0.339 e. The topological polar surface area (TPSA) is 122 Å². The van der Waals surface area contributed by atoms with Crippen LogP contribution in [0.25, 0.3) is 0 Å². The van der Waals surface area contributed by atoms with Crippen molar-refractivity contribution in [3.8, 4) is 5.75 Å². The van der Waals surface area contributed by atoms with E-state index in [4.69, 9.17) is 19.4 Å². The van der Waals surface area contributed by atoms with Crippen molar-refractivity contribution < 1.29 is 31.7 Å². The molecule has 8 nitrogen and oxygen atoms in total. The van der Waals surface area contributed by atoms with Gasteiger partial charge >= 0.3 is 22.1 Å². The van der Waals surface area contributed by atoms with Crippen LogP contribution in [0, 0.1) is 12.8 Å². The Morgan fingerprint density at radius 1 is 0.707 bits per heavy atom. The highest BCUT2D eigenvalue weighted by Gasteiger charge is 2.37. The highest BCUT2D eigenvalue weighted by atomic mass is 32.2. The van der Waals surface area contributed by atoms with Crippen molar-refractivity contribution >= 4 is 22.1 Å². The minimum absolute atomic E-state index is 0.00250. The van der Waals surface area contributed by atoms with Crippen LogP contribution in [0.15, 0.2) is 114 Å². The first-order valence-corrected chi connectivity index (χ1v) is 14.4. The van der Waals surface area contributed by atoms with Crippen molar-refractivity contribution in [2.24, 2.45) is 11.7 Å². The predicted molar refractivity (Wildman–Crippen MR) is 153 cm³/mol. The molecular weight excluding hydrogens is 542 g/mol. The van der Waals surface area contributed by atoms with Crippen LogP contribution < -0.4 is 9.92 Å². The van der Waals surface area contributed by atoms with E-state index in [1.807, 2.05) is 67.6 Å². The van der Waals surface area contributed by atoms with Crippen LogP contribution in [0.4, 0.5) is 0 Å². The Kier molecular flexibility index (Phi) is 9.89. The minimum Gasteiger partial charge on any atom is -0.461 e. The van der Waals surface area contributed by atoms with Crippen molar-refractivity contribution in [1.29, 1.82) is 0 Å². The summed E-state index contributed by atoms with van der Waals surface area (Å²) in [6.45, 7) is 1.69. The number of rotatable bonds is 12. The molecule has 2 atom stereocenters. The molecular formula is C32H31NO7S. The van der Waals surface area contributed by atoms with Crippen molar-refractivity contribution in [2.45, 2.75) is 31.0 Å². The number of nitrogens with two attached hydrogens (primary N) is 1. The monoisotopic (exact) mass is 573 g/mol. The van der Waals surface area contributed by atoms with E-state index in [0.29, 0.717) is 5.56 Å². The van der Waals surface area contributed by atoms with Gasteiger partial charge in [0.2, 0.25) is 0 Å².